The zero-order valence-corrected chi connectivity index (χ0v) is 8.05. The lowest BCUT2D eigenvalue weighted by Crippen LogP contribution is -2.38. The Balaban J connectivity index is 2.63. The molecular formula is C9H18FNO. The van der Waals surface area contributed by atoms with E-state index < -0.39 is 5.67 Å². The summed E-state index contributed by atoms with van der Waals surface area (Å²) in [5.41, 5.74) is -1.11. The smallest absolute Gasteiger partial charge is 0.122 e. The molecule has 1 heterocycles. The van der Waals surface area contributed by atoms with Crippen LogP contribution in [0, 0.1) is 0 Å². The van der Waals surface area contributed by atoms with E-state index in [1.807, 2.05) is 18.7 Å². The third-order valence-electron chi connectivity index (χ3n) is 2.52. The maximum Gasteiger partial charge on any atom is 0.122 e. The predicted molar refractivity (Wildman–Crippen MR) is 46.8 cm³/mol. The van der Waals surface area contributed by atoms with Crippen molar-refractivity contribution in [2.24, 2.45) is 0 Å². The van der Waals surface area contributed by atoms with Gasteiger partial charge >= 0.3 is 0 Å². The number of alkyl halides is 1. The third-order valence-corrected chi connectivity index (χ3v) is 2.52. The van der Waals surface area contributed by atoms with Crippen molar-refractivity contribution in [1.29, 1.82) is 0 Å². The topological polar surface area (TPSA) is 23.5 Å². The lowest BCUT2D eigenvalue weighted by molar-refractivity contribution is 0.128. The van der Waals surface area contributed by atoms with Gasteiger partial charge < -0.3 is 5.11 Å². The van der Waals surface area contributed by atoms with E-state index >= 15 is 0 Å². The fourth-order valence-corrected chi connectivity index (χ4v) is 1.96. The first-order valence-electron chi connectivity index (χ1n) is 4.52. The summed E-state index contributed by atoms with van der Waals surface area (Å²) in [6.45, 7) is 6.19. The molecule has 3 heteroatoms. The molecule has 0 saturated carbocycles. The SMILES string of the molecule is CC(C)N1CC(C)(F)C[C@H]1CO. The first-order valence-corrected chi connectivity index (χ1v) is 4.52. The maximum atomic E-state index is 13.5. The maximum absolute atomic E-state index is 13.5. The van der Waals surface area contributed by atoms with E-state index in [-0.39, 0.29) is 12.6 Å². The average molecular weight is 175 g/mol. The van der Waals surface area contributed by atoms with E-state index in [1.165, 1.54) is 0 Å². The van der Waals surface area contributed by atoms with E-state index in [0.29, 0.717) is 19.0 Å². The van der Waals surface area contributed by atoms with Gasteiger partial charge in [-0.2, -0.15) is 0 Å². The first-order chi connectivity index (χ1) is 5.46. The van der Waals surface area contributed by atoms with Crippen LogP contribution in [-0.4, -0.2) is 40.9 Å². The second-order valence-electron chi connectivity index (χ2n) is 4.22. The zero-order chi connectivity index (χ0) is 9.35. The van der Waals surface area contributed by atoms with Crippen molar-refractivity contribution in [2.75, 3.05) is 13.2 Å². The summed E-state index contributed by atoms with van der Waals surface area (Å²) in [6, 6.07) is 0.333. The van der Waals surface area contributed by atoms with Crippen molar-refractivity contribution in [3.05, 3.63) is 0 Å². The van der Waals surface area contributed by atoms with Gasteiger partial charge in [0.15, 0.2) is 0 Å². The molecule has 12 heavy (non-hydrogen) atoms. The van der Waals surface area contributed by atoms with Crippen LogP contribution in [0.15, 0.2) is 0 Å². The molecule has 0 aromatic rings. The van der Waals surface area contributed by atoms with Gasteiger partial charge in [-0.05, 0) is 20.8 Å². The van der Waals surface area contributed by atoms with Crippen LogP contribution < -0.4 is 0 Å². The summed E-state index contributed by atoms with van der Waals surface area (Å²) in [4.78, 5) is 2.03. The predicted octanol–water partition coefficient (Wildman–Crippen LogP) is 1.19. The Hall–Kier alpha value is -0.150. The number of aliphatic hydroxyl groups is 1. The molecule has 1 aliphatic heterocycles. The molecule has 0 aromatic carbocycles. The molecule has 0 bridgehead atoms. The summed E-state index contributed by atoms with van der Waals surface area (Å²) in [5, 5.41) is 9.01. The number of nitrogens with zero attached hydrogens (tertiary/aromatic N) is 1. The molecule has 1 saturated heterocycles. The van der Waals surface area contributed by atoms with Crippen molar-refractivity contribution in [2.45, 2.75) is 44.9 Å². The third kappa shape index (κ3) is 1.96. The summed E-state index contributed by atoms with van der Waals surface area (Å²) in [6.07, 6.45) is 0.460. The number of rotatable bonds is 2. The highest BCUT2D eigenvalue weighted by Gasteiger charge is 2.41. The van der Waals surface area contributed by atoms with Gasteiger partial charge in [0, 0.05) is 25.0 Å². The molecule has 0 spiro atoms. The van der Waals surface area contributed by atoms with Gasteiger partial charge in [-0.3, -0.25) is 4.90 Å². The van der Waals surface area contributed by atoms with E-state index in [1.54, 1.807) is 6.92 Å². The average Bonchev–Trinajstić information content (AvgIpc) is 2.25. The largest absolute Gasteiger partial charge is 0.395 e. The molecule has 2 atom stereocenters. The highest BCUT2D eigenvalue weighted by atomic mass is 19.1. The van der Waals surface area contributed by atoms with Crippen LogP contribution in [0.25, 0.3) is 0 Å². The van der Waals surface area contributed by atoms with E-state index in [9.17, 15) is 4.39 Å². The van der Waals surface area contributed by atoms with Gasteiger partial charge in [0.25, 0.3) is 0 Å². The van der Waals surface area contributed by atoms with E-state index in [0.717, 1.165) is 0 Å². The molecule has 72 valence electrons. The Morgan fingerprint density at radius 2 is 2.25 bits per heavy atom. The monoisotopic (exact) mass is 175 g/mol. The second-order valence-corrected chi connectivity index (χ2v) is 4.22. The summed E-state index contributed by atoms with van der Waals surface area (Å²) >= 11 is 0. The first kappa shape index (κ1) is 9.93. The molecule has 1 N–H and O–H groups in total. The van der Waals surface area contributed by atoms with Crippen LogP contribution in [0.5, 0.6) is 0 Å². The van der Waals surface area contributed by atoms with Crippen molar-refractivity contribution in [3.63, 3.8) is 0 Å². The van der Waals surface area contributed by atoms with Crippen molar-refractivity contribution in [3.8, 4) is 0 Å². The van der Waals surface area contributed by atoms with Gasteiger partial charge in [0.2, 0.25) is 0 Å². The molecule has 0 aliphatic carbocycles. The lowest BCUT2D eigenvalue weighted by Gasteiger charge is -2.26. The molecule has 1 aliphatic rings. The van der Waals surface area contributed by atoms with E-state index in [2.05, 4.69) is 0 Å². The zero-order valence-electron chi connectivity index (χ0n) is 8.05. The number of hydrogen-bond donors (Lipinski definition) is 1. The van der Waals surface area contributed by atoms with Crippen LogP contribution in [0.4, 0.5) is 4.39 Å². The van der Waals surface area contributed by atoms with Gasteiger partial charge in [0.05, 0.1) is 6.61 Å². The van der Waals surface area contributed by atoms with Crippen LogP contribution in [-0.2, 0) is 0 Å². The standard InChI is InChI=1S/C9H18FNO/c1-7(2)11-6-9(3,10)4-8(11)5-12/h7-8,12H,4-6H2,1-3H3/t8-,9?/m0/s1. The van der Waals surface area contributed by atoms with Gasteiger partial charge in [-0.25, -0.2) is 4.39 Å². The van der Waals surface area contributed by atoms with Crippen LogP contribution in [0.3, 0.4) is 0 Å². The number of aliphatic hydroxyl groups excluding tert-OH is 1. The summed E-state index contributed by atoms with van der Waals surface area (Å²) < 4.78 is 13.5. The highest BCUT2D eigenvalue weighted by molar-refractivity contribution is 4.94. The van der Waals surface area contributed by atoms with Crippen molar-refractivity contribution >= 4 is 0 Å². The minimum absolute atomic E-state index is 0.0139. The van der Waals surface area contributed by atoms with E-state index in [4.69, 9.17) is 5.11 Å². The molecule has 1 rings (SSSR count). The van der Waals surface area contributed by atoms with Gasteiger partial charge in [0.1, 0.15) is 5.67 Å². The summed E-state index contributed by atoms with van der Waals surface area (Å²) in [7, 11) is 0. The molecule has 0 amide bonds. The molecule has 0 radical (unpaired) electrons. The van der Waals surface area contributed by atoms with Crippen LogP contribution in [0.2, 0.25) is 0 Å². The van der Waals surface area contributed by atoms with Crippen molar-refractivity contribution in [1.82, 2.24) is 4.90 Å². The number of likely N-dealkylation sites (tertiary alicyclic amines) is 1. The fraction of sp³-hybridized carbons (Fsp3) is 1.00. The molecule has 0 aromatic heterocycles. The van der Waals surface area contributed by atoms with Gasteiger partial charge in [-0.15, -0.1) is 0 Å². The Kier molecular flexibility index (Phi) is 2.74. The molecule has 2 nitrogen and oxygen atoms in total. The minimum Gasteiger partial charge on any atom is -0.395 e. The molecule has 1 unspecified atom stereocenters. The Morgan fingerprint density at radius 3 is 2.58 bits per heavy atom. The van der Waals surface area contributed by atoms with Crippen molar-refractivity contribution < 1.29 is 9.50 Å². The quantitative estimate of drug-likeness (QED) is 0.681. The number of halogens is 1. The fourth-order valence-electron chi connectivity index (χ4n) is 1.96. The van der Waals surface area contributed by atoms with Crippen LogP contribution >= 0.6 is 0 Å². The second kappa shape index (κ2) is 3.30. The number of hydrogen-bond acceptors (Lipinski definition) is 2. The Morgan fingerprint density at radius 1 is 1.67 bits per heavy atom. The summed E-state index contributed by atoms with van der Waals surface area (Å²) in [5.74, 6) is 0. The van der Waals surface area contributed by atoms with Crippen LogP contribution in [0.1, 0.15) is 27.2 Å². The highest BCUT2D eigenvalue weighted by Crippen LogP contribution is 2.31. The lowest BCUT2D eigenvalue weighted by atomic mass is 10.1. The minimum atomic E-state index is -1.11. The normalized spacial score (nSPS) is 38.0. The Labute approximate surface area is 73.4 Å². The molecule has 1 fully saturated rings. The van der Waals surface area contributed by atoms with Gasteiger partial charge in [-0.1, -0.05) is 0 Å². The Bertz CT molecular complexity index is 159. The molecular weight excluding hydrogens is 157 g/mol.